The Morgan fingerprint density at radius 1 is 0.698 bits per heavy atom. The van der Waals surface area contributed by atoms with Gasteiger partial charge in [0.15, 0.2) is 0 Å². The molecule has 63 heavy (non-hydrogen) atoms. The number of amides is 3. The Morgan fingerprint density at radius 3 is 1.63 bits per heavy atom. The molecule has 2 aromatic heterocycles. The molecule has 1 aliphatic carbocycles. The Morgan fingerprint density at radius 2 is 1.17 bits per heavy atom. The van der Waals surface area contributed by atoms with Crippen molar-refractivity contribution < 1.29 is 33.4 Å². The number of likely N-dealkylation sites (tertiary alicyclic amines) is 2. The lowest BCUT2D eigenvalue weighted by Crippen LogP contribution is -2.49. The number of imidazole rings is 2. The second-order valence-corrected chi connectivity index (χ2v) is 17.3. The zero-order valence-electron chi connectivity index (χ0n) is 37.7. The Labute approximate surface area is 371 Å². The maximum absolute atomic E-state index is 12.8. The highest BCUT2D eigenvalue weighted by Gasteiger charge is 2.31. The molecule has 4 aromatic rings. The molecule has 1 N–H and O–H groups in total. The molecule has 3 aliphatic rings. The first kappa shape index (κ1) is 47.5. The molecule has 15 heteroatoms. The summed E-state index contributed by atoms with van der Waals surface area (Å²) in [7, 11) is 3.77. The van der Waals surface area contributed by atoms with E-state index in [-0.39, 0.29) is 24.3 Å². The van der Waals surface area contributed by atoms with Crippen LogP contribution in [0, 0.1) is 6.08 Å². The third kappa shape index (κ3) is 14.8. The number of nitrogens with one attached hydrogen (secondary N) is 1. The summed E-state index contributed by atoms with van der Waals surface area (Å²) in [4.78, 5) is 62.5. The first-order valence-electron chi connectivity index (χ1n) is 21.3. The summed E-state index contributed by atoms with van der Waals surface area (Å²) in [5.74, 6) is 0.451. The number of hydrogen-bond acceptors (Lipinski definition) is 10. The largest absolute Gasteiger partial charge is 0.444 e. The standard InChI is InChI=1S/C21H28N4O3.C16H11N2O2.C11H22N2O2/c1-21(2,3)28-20(27)24-12-10-17(11-13-24)23(4)19(26)25-14-18(22-15-25)16-8-6-5-7-9-16;19-16(20-14-9-5-2-6-10-14)18-11-15(17-12-18)13-7-3-1-4-8-13;1-11(2,3)15-10(14)13-7-5-9(12-4)6-8-13/h5-9,14-15,17H,10-13H2,1-4H3;1-5,7-12H;9,12H,5-8H2,1-4H3/q;+1;. The van der Waals surface area contributed by atoms with E-state index in [9.17, 15) is 19.2 Å². The number of piperidine rings is 2. The molecule has 15 nitrogen and oxygen atoms in total. The van der Waals surface area contributed by atoms with Crippen LogP contribution in [0.25, 0.3) is 22.5 Å². The van der Waals surface area contributed by atoms with E-state index in [1.807, 2.05) is 109 Å². The molecule has 0 saturated carbocycles. The summed E-state index contributed by atoms with van der Waals surface area (Å²) < 4.78 is 18.8. The normalized spacial score (nSPS) is 15.4. The average molecular weight is 862 g/mol. The van der Waals surface area contributed by atoms with Gasteiger partial charge >= 0.3 is 24.3 Å². The van der Waals surface area contributed by atoms with Crippen molar-refractivity contribution in [1.29, 1.82) is 0 Å². The molecular formula is C48H61N8O7+. The molecule has 2 aromatic carbocycles. The molecule has 0 atom stereocenters. The first-order chi connectivity index (χ1) is 30.0. The Balaban J connectivity index is 0.000000188. The van der Waals surface area contributed by atoms with Gasteiger partial charge < -0.3 is 34.2 Å². The van der Waals surface area contributed by atoms with Crippen LogP contribution in [-0.2, 0) is 14.2 Å². The van der Waals surface area contributed by atoms with Gasteiger partial charge in [-0.15, -0.1) is 0 Å². The fourth-order valence-electron chi connectivity index (χ4n) is 6.74. The molecule has 0 bridgehead atoms. The number of aromatic nitrogens is 4. The van der Waals surface area contributed by atoms with Crippen LogP contribution in [-0.4, -0.2) is 122 Å². The summed E-state index contributed by atoms with van der Waals surface area (Å²) in [6, 6.07) is 19.9. The number of carbonyl (C=O) groups excluding carboxylic acids is 4. The number of allylic oxidation sites excluding steroid dienone is 5. The Kier molecular flexibility index (Phi) is 16.6. The average Bonchev–Trinajstić information content (AvgIpc) is 3.98. The smallest absolute Gasteiger partial charge is 0.437 e. The van der Waals surface area contributed by atoms with Gasteiger partial charge in [-0.2, -0.15) is 0 Å². The molecule has 0 unspecified atom stereocenters. The van der Waals surface area contributed by atoms with E-state index in [0.717, 1.165) is 61.3 Å². The number of rotatable bonds is 5. The van der Waals surface area contributed by atoms with Crippen LogP contribution in [0.2, 0.25) is 0 Å². The van der Waals surface area contributed by atoms with Gasteiger partial charge in [0.1, 0.15) is 36.0 Å². The zero-order valence-corrected chi connectivity index (χ0v) is 37.7. The fourth-order valence-corrected chi connectivity index (χ4v) is 6.74. The minimum Gasteiger partial charge on any atom is -0.444 e. The highest BCUT2D eigenvalue weighted by molar-refractivity contribution is 5.78. The molecule has 0 radical (unpaired) electrons. The van der Waals surface area contributed by atoms with E-state index >= 15 is 0 Å². The van der Waals surface area contributed by atoms with Crippen molar-refractivity contribution in [2.24, 2.45) is 0 Å². The minimum absolute atomic E-state index is 0.0776. The van der Waals surface area contributed by atoms with Gasteiger partial charge in [0.25, 0.3) is 0 Å². The highest BCUT2D eigenvalue weighted by atomic mass is 16.6. The predicted molar refractivity (Wildman–Crippen MR) is 242 cm³/mol. The van der Waals surface area contributed by atoms with Crippen LogP contribution in [0.15, 0.2) is 116 Å². The van der Waals surface area contributed by atoms with Crippen LogP contribution in [0.3, 0.4) is 0 Å². The molecular weight excluding hydrogens is 801 g/mol. The molecule has 334 valence electrons. The van der Waals surface area contributed by atoms with E-state index < -0.39 is 17.3 Å². The molecule has 2 fully saturated rings. The summed E-state index contributed by atoms with van der Waals surface area (Å²) >= 11 is 0. The van der Waals surface area contributed by atoms with Gasteiger partial charge in [0.05, 0.1) is 23.5 Å². The quantitative estimate of drug-likeness (QED) is 0.152. The molecule has 2 aliphatic heterocycles. The second kappa shape index (κ2) is 22.0. The summed E-state index contributed by atoms with van der Waals surface area (Å²) in [5, 5.41) is 3.23. The molecule has 7 rings (SSSR count). The second-order valence-electron chi connectivity index (χ2n) is 17.3. The van der Waals surface area contributed by atoms with Gasteiger partial charge in [-0.1, -0.05) is 60.7 Å². The molecule has 3 amide bonds. The van der Waals surface area contributed by atoms with Crippen molar-refractivity contribution in [2.45, 2.75) is 90.5 Å². The third-order valence-corrected chi connectivity index (χ3v) is 10.1. The lowest BCUT2D eigenvalue weighted by Gasteiger charge is -2.37. The van der Waals surface area contributed by atoms with Crippen molar-refractivity contribution in [3.05, 3.63) is 122 Å². The van der Waals surface area contributed by atoms with Gasteiger partial charge in [0.2, 0.25) is 5.76 Å². The van der Waals surface area contributed by atoms with Crippen molar-refractivity contribution in [3.8, 4) is 22.5 Å². The minimum atomic E-state index is -0.501. The molecule has 4 heterocycles. The van der Waals surface area contributed by atoms with Crippen LogP contribution in [0.4, 0.5) is 19.2 Å². The van der Waals surface area contributed by atoms with Crippen molar-refractivity contribution in [1.82, 2.24) is 39.1 Å². The predicted octanol–water partition coefficient (Wildman–Crippen LogP) is 8.80. The van der Waals surface area contributed by atoms with E-state index in [4.69, 9.17) is 14.2 Å². The summed E-state index contributed by atoms with van der Waals surface area (Å²) in [6.45, 7) is 14.0. The van der Waals surface area contributed by atoms with Gasteiger partial charge in [-0.05, 0) is 74.3 Å². The summed E-state index contributed by atoms with van der Waals surface area (Å²) in [5.41, 5.74) is 2.52. The highest BCUT2D eigenvalue weighted by Crippen LogP contribution is 2.22. The van der Waals surface area contributed by atoms with Crippen LogP contribution in [0.1, 0.15) is 67.2 Å². The van der Waals surface area contributed by atoms with E-state index in [0.29, 0.717) is 24.9 Å². The molecule has 2 saturated heterocycles. The van der Waals surface area contributed by atoms with E-state index in [1.54, 1.807) is 64.8 Å². The lowest BCUT2D eigenvalue weighted by atomic mass is 10.0. The van der Waals surface area contributed by atoms with Gasteiger partial charge in [-0.3, -0.25) is 4.57 Å². The number of benzene rings is 2. The number of carbonyl (C=O) groups is 4. The van der Waals surface area contributed by atoms with Crippen molar-refractivity contribution in [2.75, 3.05) is 40.3 Å². The van der Waals surface area contributed by atoms with Crippen molar-refractivity contribution >= 4 is 24.3 Å². The maximum atomic E-state index is 12.8. The van der Waals surface area contributed by atoms with Gasteiger partial charge in [-0.25, -0.2) is 33.7 Å². The first-order valence-corrected chi connectivity index (χ1v) is 21.3. The van der Waals surface area contributed by atoms with Crippen molar-refractivity contribution in [3.63, 3.8) is 0 Å². The van der Waals surface area contributed by atoms with Crippen LogP contribution < -0.4 is 5.32 Å². The number of hydrogen-bond donors (Lipinski definition) is 1. The maximum Gasteiger partial charge on any atom is 0.437 e. The lowest BCUT2D eigenvalue weighted by molar-refractivity contribution is 0.0168. The van der Waals surface area contributed by atoms with Crippen LogP contribution in [0.5, 0.6) is 0 Å². The van der Waals surface area contributed by atoms with E-state index in [2.05, 4.69) is 21.4 Å². The zero-order chi connectivity index (χ0) is 45.6. The monoisotopic (exact) mass is 861 g/mol. The number of nitrogens with zero attached hydrogens (tertiary/aromatic N) is 7. The number of ether oxygens (including phenoxy) is 3. The van der Waals surface area contributed by atoms with Gasteiger partial charge in [0, 0.05) is 74.9 Å². The Hall–Kier alpha value is -6.57. The van der Waals surface area contributed by atoms with Crippen LogP contribution >= 0.6 is 0 Å². The SMILES string of the molecule is CN(C(=O)n1cnc(-c2ccccc2)c1)C1CCN(C(=O)OC(C)(C)C)CC1.CNC1CCN(C(=O)OC(C)(C)C)CC1.O=C(OC1=CC=C[C+]=C1)n1cnc(-c2ccccc2)c1. The topological polar surface area (TPSA) is 153 Å². The molecule has 0 spiro atoms. The fraction of sp³-hybridized carbons (Fsp3) is 0.417. The summed E-state index contributed by atoms with van der Waals surface area (Å²) in [6.07, 6.45) is 18.5. The van der Waals surface area contributed by atoms with E-state index in [1.165, 1.54) is 15.5 Å². The third-order valence-electron chi connectivity index (χ3n) is 10.1. The Bertz CT molecular complexity index is 2200.